The van der Waals surface area contributed by atoms with Gasteiger partial charge in [0.15, 0.2) is 0 Å². The average Bonchev–Trinajstić information content (AvgIpc) is 2.17. The molecule has 0 atom stereocenters. The van der Waals surface area contributed by atoms with Gasteiger partial charge in [0.25, 0.3) is 10.1 Å². The standard InChI is InChI=1S/C7H16N2O4S.C2H6/c1-3-8-7(10)6-9(2)4-5-14(11,12)13;1-2/h3-6H2,1-2H3,(H,8,10)(H,11,12,13);1-2H3. The first-order valence-electron chi connectivity index (χ1n) is 5.25. The van der Waals surface area contributed by atoms with Gasteiger partial charge < -0.3 is 5.32 Å². The number of nitrogens with one attached hydrogen (secondary N) is 1. The van der Waals surface area contributed by atoms with Crippen molar-refractivity contribution in [2.45, 2.75) is 20.8 Å². The lowest BCUT2D eigenvalue weighted by atomic mass is 10.5. The maximum absolute atomic E-state index is 11.0. The van der Waals surface area contributed by atoms with Gasteiger partial charge in [-0.05, 0) is 14.0 Å². The van der Waals surface area contributed by atoms with Crippen LogP contribution in [0.25, 0.3) is 0 Å². The molecule has 0 aromatic carbocycles. The normalized spacial score (nSPS) is 10.6. The number of amides is 1. The van der Waals surface area contributed by atoms with Crippen molar-refractivity contribution >= 4 is 16.0 Å². The summed E-state index contributed by atoms with van der Waals surface area (Å²) in [6.45, 7) is 6.61. The van der Waals surface area contributed by atoms with Crippen LogP contribution in [-0.2, 0) is 14.9 Å². The highest BCUT2D eigenvalue weighted by Gasteiger charge is 2.09. The molecule has 0 heterocycles. The second-order valence-corrected chi connectivity index (χ2v) is 4.55. The van der Waals surface area contributed by atoms with Crippen LogP contribution in [0.15, 0.2) is 0 Å². The molecule has 0 aromatic heterocycles. The molecule has 1 amide bonds. The van der Waals surface area contributed by atoms with Crippen molar-refractivity contribution in [2.75, 3.05) is 32.4 Å². The Kier molecular flexibility index (Phi) is 10.6. The molecular weight excluding hydrogens is 232 g/mol. The minimum Gasteiger partial charge on any atom is -0.355 e. The minimum atomic E-state index is -3.94. The Morgan fingerprint density at radius 3 is 2.25 bits per heavy atom. The summed E-state index contributed by atoms with van der Waals surface area (Å²) in [6, 6.07) is 0. The molecule has 0 bridgehead atoms. The largest absolute Gasteiger partial charge is 0.355 e. The number of rotatable bonds is 6. The van der Waals surface area contributed by atoms with E-state index in [1.807, 2.05) is 13.8 Å². The molecule has 0 radical (unpaired) electrons. The van der Waals surface area contributed by atoms with Crippen LogP contribution >= 0.6 is 0 Å². The monoisotopic (exact) mass is 254 g/mol. The third-order valence-electron chi connectivity index (χ3n) is 1.52. The van der Waals surface area contributed by atoms with E-state index >= 15 is 0 Å². The van der Waals surface area contributed by atoms with Crippen molar-refractivity contribution in [3.05, 3.63) is 0 Å². The maximum atomic E-state index is 11.0. The van der Waals surface area contributed by atoms with Crippen LogP contribution < -0.4 is 5.32 Å². The van der Waals surface area contributed by atoms with Crippen molar-refractivity contribution in [3.8, 4) is 0 Å². The van der Waals surface area contributed by atoms with Gasteiger partial charge >= 0.3 is 0 Å². The molecule has 16 heavy (non-hydrogen) atoms. The van der Waals surface area contributed by atoms with Crippen molar-refractivity contribution < 1.29 is 17.8 Å². The fourth-order valence-electron chi connectivity index (χ4n) is 0.848. The highest BCUT2D eigenvalue weighted by molar-refractivity contribution is 7.85. The van der Waals surface area contributed by atoms with E-state index in [1.54, 1.807) is 14.0 Å². The molecule has 0 unspecified atom stereocenters. The number of carbonyl (C=O) groups excluding carboxylic acids is 1. The summed E-state index contributed by atoms with van der Waals surface area (Å²) in [4.78, 5) is 12.5. The minimum absolute atomic E-state index is 0.128. The smallest absolute Gasteiger partial charge is 0.266 e. The van der Waals surface area contributed by atoms with Gasteiger partial charge in [0.1, 0.15) is 0 Å². The van der Waals surface area contributed by atoms with Crippen molar-refractivity contribution in [3.63, 3.8) is 0 Å². The van der Waals surface area contributed by atoms with Crippen LogP contribution in [0.4, 0.5) is 0 Å². The molecule has 0 rings (SSSR count). The Bertz CT molecular complexity index is 277. The van der Waals surface area contributed by atoms with Crippen LogP contribution in [-0.4, -0.2) is 56.2 Å². The first kappa shape index (κ1) is 17.7. The summed E-state index contributed by atoms with van der Waals surface area (Å²) in [5.74, 6) is -0.520. The first-order valence-corrected chi connectivity index (χ1v) is 6.86. The van der Waals surface area contributed by atoms with E-state index < -0.39 is 10.1 Å². The van der Waals surface area contributed by atoms with Crippen LogP contribution in [0.2, 0.25) is 0 Å². The highest BCUT2D eigenvalue weighted by Crippen LogP contribution is 1.87. The van der Waals surface area contributed by atoms with E-state index in [0.29, 0.717) is 6.54 Å². The SMILES string of the molecule is CC.CCNC(=O)CN(C)CCS(=O)(=O)O. The summed E-state index contributed by atoms with van der Waals surface area (Å²) in [7, 11) is -2.33. The lowest BCUT2D eigenvalue weighted by Gasteiger charge is -2.14. The van der Waals surface area contributed by atoms with Gasteiger partial charge in [-0.1, -0.05) is 13.8 Å². The number of carbonyl (C=O) groups is 1. The predicted molar refractivity (Wildman–Crippen MR) is 63.9 cm³/mol. The number of likely N-dealkylation sites (N-methyl/N-ethyl adjacent to an activating group) is 2. The molecule has 0 saturated heterocycles. The quantitative estimate of drug-likeness (QED) is 0.650. The summed E-state index contributed by atoms with van der Waals surface area (Å²) in [6.07, 6.45) is 0. The second-order valence-electron chi connectivity index (χ2n) is 2.98. The Morgan fingerprint density at radius 1 is 1.38 bits per heavy atom. The molecule has 0 aliphatic rings. The molecule has 0 fully saturated rings. The molecule has 6 nitrogen and oxygen atoms in total. The lowest BCUT2D eigenvalue weighted by Crippen LogP contribution is -2.37. The van der Waals surface area contributed by atoms with Crippen LogP contribution in [0.5, 0.6) is 0 Å². The fourth-order valence-corrected chi connectivity index (χ4v) is 1.39. The third kappa shape index (κ3) is 13.3. The molecule has 0 spiro atoms. The third-order valence-corrected chi connectivity index (χ3v) is 2.22. The van der Waals surface area contributed by atoms with Gasteiger partial charge in [-0.2, -0.15) is 8.42 Å². The zero-order valence-electron chi connectivity index (χ0n) is 10.4. The van der Waals surface area contributed by atoms with Gasteiger partial charge in [0.2, 0.25) is 5.91 Å². The van der Waals surface area contributed by atoms with Crippen LogP contribution in [0.3, 0.4) is 0 Å². The van der Waals surface area contributed by atoms with E-state index in [0.717, 1.165) is 0 Å². The lowest BCUT2D eigenvalue weighted by molar-refractivity contribution is -0.121. The van der Waals surface area contributed by atoms with Crippen molar-refractivity contribution in [1.29, 1.82) is 0 Å². The van der Waals surface area contributed by atoms with Crippen molar-refractivity contribution in [2.24, 2.45) is 0 Å². The fraction of sp³-hybridized carbons (Fsp3) is 0.889. The number of hydrogen-bond donors (Lipinski definition) is 2. The van der Waals surface area contributed by atoms with Gasteiger partial charge in [-0.25, -0.2) is 0 Å². The van der Waals surface area contributed by atoms with E-state index in [9.17, 15) is 13.2 Å². The molecule has 7 heteroatoms. The van der Waals surface area contributed by atoms with Gasteiger partial charge in [-0.3, -0.25) is 14.2 Å². The first-order chi connectivity index (χ1) is 7.35. The van der Waals surface area contributed by atoms with E-state index in [4.69, 9.17) is 4.55 Å². The maximum Gasteiger partial charge on any atom is 0.266 e. The molecule has 98 valence electrons. The van der Waals surface area contributed by atoms with Crippen LogP contribution in [0.1, 0.15) is 20.8 Å². The van der Waals surface area contributed by atoms with E-state index in [-0.39, 0.29) is 24.7 Å². The Balaban J connectivity index is 0. The Hall–Kier alpha value is -0.660. The second kappa shape index (κ2) is 9.56. The molecular formula is C9H22N2O4S. The van der Waals surface area contributed by atoms with Gasteiger partial charge in [0, 0.05) is 13.1 Å². The zero-order chi connectivity index (χ0) is 13.2. The summed E-state index contributed by atoms with van der Waals surface area (Å²) < 4.78 is 29.2. The highest BCUT2D eigenvalue weighted by atomic mass is 32.2. The van der Waals surface area contributed by atoms with Crippen molar-refractivity contribution in [1.82, 2.24) is 10.2 Å². The molecule has 2 N–H and O–H groups in total. The van der Waals surface area contributed by atoms with E-state index in [1.165, 1.54) is 4.90 Å². The Labute approximate surface area is 97.8 Å². The summed E-state index contributed by atoms with van der Waals surface area (Å²) in [5.41, 5.74) is 0. The van der Waals surface area contributed by atoms with Gasteiger partial charge in [0.05, 0.1) is 12.3 Å². The van der Waals surface area contributed by atoms with E-state index in [2.05, 4.69) is 5.32 Å². The Morgan fingerprint density at radius 2 is 1.88 bits per heavy atom. The van der Waals surface area contributed by atoms with Crippen LogP contribution in [0, 0.1) is 0 Å². The molecule has 0 aliphatic heterocycles. The molecule has 0 aromatic rings. The topological polar surface area (TPSA) is 86.7 Å². The number of nitrogens with zero attached hydrogens (tertiary/aromatic N) is 1. The number of hydrogen-bond acceptors (Lipinski definition) is 4. The summed E-state index contributed by atoms with van der Waals surface area (Å²) >= 11 is 0. The van der Waals surface area contributed by atoms with Gasteiger partial charge in [-0.15, -0.1) is 0 Å². The summed E-state index contributed by atoms with van der Waals surface area (Å²) in [5, 5.41) is 2.58. The predicted octanol–water partition coefficient (Wildman–Crippen LogP) is -0.0317. The zero-order valence-corrected chi connectivity index (χ0v) is 11.2. The molecule has 0 aliphatic carbocycles. The average molecular weight is 254 g/mol. The molecule has 0 saturated carbocycles.